The molecular formula is C22H22N6O2. The van der Waals surface area contributed by atoms with Crippen molar-refractivity contribution in [2.75, 3.05) is 5.73 Å². The lowest BCUT2D eigenvalue weighted by Gasteiger charge is -2.11. The number of aromatic nitrogens is 3. The lowest BCUT2D eigenvalue weighted by molar-refractivity contribution is 0.0941. The molecule has 2 aromatic heterocycles. The summed E-state index contributed by atoms with van der Waals surface area (Å²) in [6.45, 7) is 3.92. The molecule has 0 saturated heterocycles. The summed E-state index contributed by atoms with van der Waals surface area (Å²) in [4.78, 5) is 22.3. The van der Waals surface area contributed by atoms with Gasteiger partial charge >= 0.3 is 0 Å². The molecule has 30 heavy (non-hydrogen) atoms. The molecule has 152 valence electrons. The topological polar surface area (TPSA) is 118 Å². The molecule has 1 unspecified atom stereocenters. The maximum Gasteiger partial charge on any atom is 0.257 e. The lowest BCUT2D eigenvalue weighted by Crippen LogP contribution is -2.32. The minimum atomic E-state index is -0.317. The van der Waals surface area contributed by atoms with Gasteiger partial charge in [-0.2, -0.15) is 9.78 Å². The van der Waals surface area contributed by atoms with Gasteiger partial charge in [0.25, 0.3) is 5.91 Å². The van der Waals surface area contributed by atoms with Crippen LogP contribution in [0.25, 0.3) is 22.2 Å². The summed E-state index contributed by atoms with van der Waals surface area (Å²) < 4.78 is 1.41. The summed E-state index contributed by atoms with van der Waals surface area (Å²) in [7, 11) is 0. The Bertz CT molecular complexity index is 1280. The van der Waals surface area contributed by atoms with Gasteiger partial charge in [0, 0.05) is 6.04 Å². The molecule has 0 radical (unpaired) electrons. The van der Waals surface area contributed by atoms with Crippen LogP contribution in [0.15, 0.2) is 53.6 Å². The van der Waals surface area contributed by atoms with Crippen LogP contribution in [0, 0.1) is 0 Å². The first kappa shape index (κ1) is 19.4. The van der Waals surface area contributed by atoms with Gasteiger partial charge in [-0.1, -0.05) is 31.2 Å². The zero-order chi connectivity index (χ0) is 21.3. The largest absolute Gasteiger partial charge is 0.508 e. The van der Waals surface area contributed by atoms with Crippen molar-refractivity contribution in [1.29, 1.82) is 0 Å². The van der Waals surface area contributed by atoms with Crippen molar-refractivity contribution < 1.29 is 9.90 Å². The summed E-state index contributed by atoms with van der Waals surface area (Å²) in [5.41, 5.74) is 9.38. The number of amides is 1. The Balaban J connectivity index is 1.91. The Labute approximate surface area is 173 Å². The summed E-state index contributed by atoms with van der Waals surface area (Å²) >= 11 is 0. The molecule has 1 amide bonds. The third-order valence-corrected chi connectivity index (χ3v) is 4.88. The summed E-state index contributed by atoms with van der Waals surface area (Å²) in [5, 5.41) is 17.0. The van der Waals surface area contributed by atoms with Crippen LogP contribution in [-0.4, -0.2) is 37.9 Å². The molecule has 0 spiro atoms. The molecule has 0 aliphatic carbocycles. The van der Waals surface area contributed by atoms with E-state index >= 15 is 0 Å². The number of fused-ring (bicyclic) bond motifs is 2. The second kappa shape index (κ2) is 7.82. The van der Waals surface area contributed by atoms with Crippen molar-refractivity contribution in [2.45, 2.75) is 26.3 Å². The van der Waals surface area contributed by atoms with Gasteiger partial charge in [-0.15, -0.1) is 0 Å². The molecule has 0 fully saturated rings. The molecule has 2 heterocycles. The molecule has 0 bridgehead atoms. The van der Waals surface area contributed by atoms with Crippen LogP contribution in [0.1, 0.15) is 36.2 Å². The first-order chi connectivity index (χ1) is 14.5. The van der Waals surface area contributed by atoms with Crippen molar-refractivity contribution in [2.24, 2.45) is 5.10 Å². The van der Waals surface area contributed by atoms with Crippen molar-refractivity contribution in [3.63, 3.8) is 0 Å². The van der Waals surface area contributed by atoms with E-state index in [1.165, 1.54) is 4.68 Å². The molecule has 4 N–H and O–H groups in total. The van der Waals surface area contributed by atoms with Crippen molar-refractivity contribution >= 4 is 40.1 Å². The van der Waals surface area contributed by atoms with Crippen LogP contribution < -0.4 is 11.1 Å². The van der Waals surface area contributed by atoms with Crippen LogP contribution in [0.4, 0.5) is 5.82 Å². The first-order valence-electron chi connectivity index (χ1n) is 9.69. The zero-order valence-electron chi connectivity index (χ0n) is 16.7. The summed E-state index contributed by atoms with van der Waals surface area (Å²) in [6.07, 6.45) is 2.33. The number of benzene rings is 2. The number of phenolic OH excluding ortho intramolecular Hbond substituents is 1. The Morgan fingerprint density at radius 2 is 1.97 bits per heavy atom. The fourth-order valence-electron chi connectivity index (χ4n) is 3.12. The third-order valence-electron chi connectivity index (χ3n) is 4.88. The Kier molecular flexibility index (Phi) is 5.05. The standard InChI is InChI=1S/C22H22N6O2/c1-3-13(2)25-22(30)18-19-21(27-17-10-5-4-9-16(17)26-19)28(20(18)23)24-12-14-7-6-8-15(29)11-14/h4-13,29H,3,23H2,1-2H3,(H,25,30)/b24-12-. The van der Waals surface area contributed by atoms with Gasteiger partial charge in [-0.25, -0.2) is 9.97 Å². The zero-order valence-corrected chi connectivity index (χ0v) is 16.7. The number of anilines is 1. The third kappa shape index (κ3) is 3.55. The molecule has 8 heteroatoms. The summed E-state index contributed by atoms with van der Waals surface area (Å²) in [6, 6.07) is 14.0. The van der Waals surface area contributed by atoms with Crippen LogP contribution >= 0.6 is 0 Å². The number of nitrogens with two attached hydrogens (primary N) is 1. The molecular weight excluding hydrogens is 380 g/mol. The Morgan fingerprint density at radius 3 is 2.67 bits per heavy atom. The molecule has 0 aliphatic rings. The van der Waals surface area contributed by atoms with Crippen LogP contribution in [0.2, 0.25) is 0 Å². The van der Waals surface area contributed by atoms with E-state index in [0.717, 1.165) is 6.42 Å². The van der Waals surface area contributed by atoms with Gasteiger partial charge in [-0.05, 0) is 43.2 Å². The highest BCUT2D eigenvalue weighted by Crippen LogP contribution is 2.28. The van der Waals surface area contributed by atoms with Crippen molar-refractivity contribution in [3.05, 3.63) is 59.7 Å². The average Bonchev–Trinajstić information content (AvgIpc) is 3.00. The highest BCUT2D eigenvalue weighted by atomic mass is 16.3. The van der Waals surface area contributed by atoms with Crippen LogP contribution in [0.5, 0.6) is 5.75 Å². The quantitative estimate of drug-likeness (QED) is 0.443. The number of nitrogen functional groups attached to an aromatic ring is 1. The second-order valence-corrected chi connectivity index (χ2v) is 7.08. The number of nitrogens with one attached hydrogen (secondary N) is 1. The van der Waals surface area contributed by atoms with E-state index < -0.39 is 0 Å². The van der Waals surface area contributed by atoms with E-state index in [1.807, 2.05) is 38.1 Å². The number of nitrogens with zero attached hydrogens (tertiary/aromatic N) is 4. The monoisotopic (exact) mass is 402 g/mol. The van der Waals surface area contributed by atoms with Crippen molar-refractivity contribution in [1.82, 2.24) is 20.0 Å². The average molecular weight is 402 g/mol. The number of carbonyl (C=O) groups excluding carboxylic acids is 1. The molecule has 2 aromatic carbocycles. The maximum atomic E-state index is 13.0. The molecule has 8 nitrogen and oxygen atoms in total. The van der Waals surface area contributed by atoms with Crippen LogP contribution in [0.3, 0.4) is 0 Å². The van der Waals surface area contributed by atoms with E-state index in [-0.39, 0.29) is 29.1 Å². The van der Waals surface area contributed by atoms with Gasteiger partial charge < -0.3 is 16.2 Å². The van der Waals surface area contributed by atoms with Gasteiger partial charge in [0.1, 0.15) is 22.6 Å². The number of aromatic hydroxyl groups is 1. The van der Waals surface area contributed by atoms with Gasteiger partial charge in [0.2, 0.25) is 0 Å². The van der Waals surface area contributed by atoms with Crippen molar-refractivity contribution in [3.8, 4) is 5.75 Å². The Morgan fingerprint density at radius 1 is 1.23 bits per heavy atom. The molecule has 1 atom stereocenters. The second-order valence-electron chi connectivity index (χ2n) is 7.08. The highest BCUT2D eigenvalue weighted by molar-refractivity contribution is 6.10. The number of para-hydroxylation sites is 2. The number of hydrogen-bond acceptors (Lipinski definition) is 6. The fourth-order valence-corrected chi connectivity index (χ4v) is 3.12. The van der Waals surface area contributed by atoms with E-state index in [0.29, 0.717) is 27.8 Å². The number of phenols is 1. The summed E-state index contributed by atoms with van der Waals surface area (Å²) in [5.74, 6) is -0.0380. The minimum Gasteiger partial charge on any atom is -0.508 e. The predicted octanol–water partition coefficient (Wildman–Crippen LogP) is 3.28. The van der Waals surface area contributed by atoms with Crippen LogP contribution in [-0.2, 0) is 0 Å². The first-order valence-corrected chi connectivity index (χ1v) is 9.69. The predicted molar refractivity (Wildman–Crippen MR) is 118 cm³/mol. The van der Waals surface area contributed by atoms with Gasteiger partial charge in [-0.3, -0.25) is 4.79 Å². The van der Waals surface area contributed by atoms with Gasteiger partial charge in [0.15, 0.2) is 5.65 Å². The molecule has 0 saturated carbocycles. The SMILES string of the molecule is CCC(C)NC(=O)c1c(N)n(/N=C\c2cccc(O)c2)c2nc3ccccc3nc12. The number of hydrogen-bond donors (Lipinski definition) is 3. The van der Waals surface area contributed by atoms with Gasteiger partial charge in [0.05, 0.1) is 17.2 Å². The normalized spacial score (nSPS) is 12.6. The fraction of sp³-hybridized carbons (Fsp3) is 0.182. The smallest absolute Gasteiger partial charge is 0.257 e. The van der Waals surface area contributed by atoms with E-state index in [1.54, 1.807) is 30.5 Å². The molecule has 4 aromatic rings. The maximum absolute atomic E-state index is 13.0. The number of rotatable bonds is 5. The van der Waals surface area contributed by atoms with E-state index in [4.69, 9.17) is 5.73 Å². The highest BCUT2D eigenvalue weighted by Gasteiger charge is 2.24. The molecule has 0 aliphatic heterocycles. The van der Waals surface area contributed by atoms with E-state index in [9.17, 15) is 9.90 Å². The number of carbonyl (C=O) groups is 1. The lowest BCUT2D eigenvalue weighted by atomic mass is 10.2. The minimum absolute atomic E-state index is 0.0143. The Hall–Kier alpha value is -3.94. The molecule has 4 rings (SSSR count). The van der Waals surface area contributed by atoms with E-state index in [2.05, 4.69) is 20.4 Å².